The van der Waals surface area contributed by atoms with E-state index < -0.39 is 0 Å². The van der Waals surface area contributed by atoms with Crippen LogP contribution in [0.4, 0.5) is 0 Å². The molecular weight excluding hydrogens is 204 g/mol. The predicted octanol–water partition coefficient (Wildman–Crippen LogP) is 0.0129. The smallest absolute Gasteiger partial charge is 0.233 e. The Kier molecular flexibility index (Phi) is 2.14. The number of carbonyl (C=O) groups excluding carboxylic acids is 2. The van der Waals surface area contributed by atoms with Gasteiger partial charge in [-0.05, 0) is 25.3 Å². The monoisotopic (exact) mass is 220 g/mol. The fraction of sp³-hybridized carbons (Fsp3) is 0.667. The van der Waals surface area contributed by atoms with E-state index >= 15 is 0 Å². The molecule has 2 fully saturated rings. The lowest BCUT2D eigenvalue weighted by Crippen LogP contribution is -2.37. The molecule has 0 radical (unpaired) electrons. The van der Waals surface area contributed by atoms with Gasteiger partial charge in [-0.3, -0.25) is 14.5 Å². The summed E-state index contributed by atoms with van der Waals surface area (Å²) in [6.45, 7) is 1.19. The Morgan fingerprint density at radius 1 is 1.25 bits per heavy atom. The SMILES string of the molecule is CNCCN1C(=O)C2C3C=CC(C3)C2C1=O. The number of hydrogen-bond donors (Lipinski definition) is 1. The van der Waals surface area contributed by atoms with Crippen molar-refractivity contribution in [2.45, 2.75) is 6.42 Å². The van der Waals surface area contributed by atoms with Crippen molar-refractivity contribution in [3.63, 3.8) is 0 Å². The largest absolute Gasteiger partial charge is 0.318 e. The number of nitrogens with zero attached hydrogens (tertiary/aromatic N) is 1. The lowest BCUT2D eigenvalue weighted by atomic mass is 9.85. The maximum Gasteiger partial charge on any atom is 0.233 e. The van der Waals surface area contributed by atoms with Crippen molar-refractivity contribution in [2.24, 2.45) is 23.7 Å². The van der Waals surface area contributed by atoms with E-state index in [2.05, 4.69) is 17.5 Å². The number of imide groups is 1. The first-order valence-corrected chi connectivity index (χ1v) is 5.92. The fourth-order valence-electron chi connectivity index (χ4n) is 3.41. The van der Waals surface area contributed by atoms with E-state index in [9.17, 15) is 9.59 Å². The molecule has 3 rings (SSSR count). The molecule has 0 aromatic carbocycles. The van der Waals surface area contributed by atoms with E-state index in [0.29, 0.717) is 24.9 Å². The van der Waals surface area contributed by atoms with Gasteiger partial charge in [-0.2, -0.15) is 0 Å². The van der Waals surface area contributed by atoms with Crippen LogP contribution >= 0.6 is 0 Å². The molecule has 4 atom stereocenters. The zero-order chi connectivity index (χ0) is 11.3. The molecule has 4 unspecified atom stereocenters. The summed E-state index contributed by atoms with van der Waals surface area (Å²) in [5.41, 5.74) is 0. The molecule has 1 N–H and O–H groups in total. The Hall–Kier alpha value is -1.16. The molecule has 86 valence electrons. The summed E-state index contributed by atoms with van der Waals surface area (Å²) in [6.07, 6.45) is 5.25. The van der Waals surface area contributed by atoms with Gasteiger partial charge in [0.15, 0.2) is 0 Å². The number of allylic oxidation sites excluding steroid dienone is 2. The topological polar surface area (TPSA) is 49.4 Å². The summed E-state index contributed by atoms with van der Waals surface area (Å²) in [5, 5.41) is 2.98. The maximum absolute atomic E-state index is 12.1. The van der Waals surface area contributed by atoms with Gasteiger partial charge >= 0.3 is 0 Å². The zero-order valence-electron chi connectivity index (χ0n) is 9.35. The van der Waals surface area contributed by atoms with Crippen molar-refractivity contribution >= 4 is 11.8 Å². The molecule has 2 amide bonds. The molecule has 1 saturated heterocycles. The first-order chi connectivity index (χ1) is 7.74. The fourth-order valence-corrected chi connectivity index (χ4v) is 3.41. The third-order valence-electron chi connectivity index (χ3n) is 4.15. The number of likely N-dealkylation sites (tertiary alicyclic amines) is 1. The molecule has 16 heavy (non-hydrogen) atoms. The van der Waals surface area contributed by atoms with Gasteiger partial charge in [0.2, 0.25) is 11.8 Å². The lowest BCUT2D eigenvalue weighted by Gasteiger charge is -2.16. The van der Waals surface area contributed by atoms with Crippen LogP contribution in [0.25, 0.3) is 0 Å². The first kappa shape index (κ1) is 10.0. The van der Waals surface area contributed by atoms with Crippen molar-refractivity contribution in [2.75, 3.05) is 20.1 Å². The zero-order valence-corrected chi connectivity index (χ0v) is 9.35. The summed E-state index contributed by atoms with van der Waals surface area (Å²) in [6, 6.07) is 0. The third kappa shape index (κ3) is 1.13. The van der Waals surface area contributed by atoms with Crippen LogP contribution in [0.3, 0.4) is 0 Å². The molecule has 1 aliphatic heterocycles. The third-order valence-corrected chi connectivity index (χ3v) is 4.15. The number of fused-ring (bicyclic) bond motifs is 5. The lowest BCUT2D eigenvalue weighted by molar-refractivity contribution is -0.140. The highest BCUT2D eigenvalue weighted by Crippen LogP contribution is 2.52. The molecule has 2 aliphatic carbocycles. The Bertz CT molecular complexity index is 347. The van der Waals surface area contributed by atoms with Crippen molar-refractivity contribution in [1.29, 1.82) is 0 Å². The first-order valence-electron chi connectivity index (χ1n) is 5.92. The quantitative estimate of drug-likeness (QED) is 0.538. The van der Waals surface area contributed by atoms with Crippen molar-refractivity contribution in [3.05, 3.63) is 12.2 Å². The van der Waals surface area contributed by atoms with Gasteiger partial charge in [-0.1, -0.05) is 12.2 Å². The van der Waals surface area contributed by atoms with Gasteiger partial charge in [0.25, 0.3) is 0 Å². The molecule has 0 aromatic heterocycles. The molecule has 0 aromatic rings. The minimum absolute atomic E-state index is 0.0423. The van der Waals surface area contributed by atoms with Crippen LogP contribution < -0.4 is 5.32 Å². The van der Waals surface area contributed by atoms with E-state index in [-0.39, 0.29) is 23.7 Å². The van der Waals surface area contributed by atoms with Crippen LogP contribution in [0.15, 0.2) is 12.2 Å². The van der Waals surface area contributed by atoms with Crippen LogP contribution in [-0.2, 0) is 9.59 Å². The Balaban J connectivity index is 1.83. The van der Waals surface area contributed by atoms with Crippen LogP contribution in [0.2, 0.25) is 0 Å². The van der Waals surface area contributed by atoms with Crippen LogP contribution in [-0.4, -0.2) is 36.9 Å². The molecule has 4 heteroatoms. The van der Waals surface area contributed by atoms with Gasteiger partial charge in [0.1, 0.15) is 0 Å². The molecule has 1 heterocycles. The van der Waals surface area contributed by atoms with Gasteiger partial charge < -0.3 is 5.32 Å². The maximum atomic E-state index is 12.1. The molecular formula is C12H16N2O2. The van der Waals surface area contributed by atoms with Crippen molar-refractivity contribution < 1.29 is 9.59 Å². The van der Waals surface area contributed by atoms with E-state index in [1.165, 1.54) is 4.90 Å². The number of carbonyl (C=O) groups is 2. The average molecular weight is 220 g/mol. The summed E-state index contributed by atoms with van der Waals surface area (Å²) >= 11 is 0. The van der Waals surface area contributed by atoms with Gasteiger partial charge in [0, 0.05) is 13.1 Å². The van der Waals surface area contributed by atoms with Gasteiger partial charge in [-0.15, -0.1) is 0 Å². The predicted molar refractivity (Wildman–Crippen MR) is 58.4 cm³/mol. The van der Waals surface area contributed by atoms with E-state index in [1.807, 2.05) is 7.05 Å². The van der Waals surface area contributed by atoms with Crippen LogP contribution in [0.5, 0.6) is 0 Å². The highest BCUT2D eigenvalue weighted by molar-refractivity contribution is 6.06. The van der Waals surface area contributed by atoms with E-state index in [0.717, 1.165) is 6.42 Å². The summed E-state index contributed by atoms with van der Waals surface area (Å²) in [7, 11) is 1.83. The normalized spacial score (nSPS) is 39.9. The average Bonchev–Trinajstić information content (AvgIpc) is 2.92. The van der Waals surface area contributed by atoms with Crippen LogP contribution in [0.1, 0.15) is 6.42 Å². The standard InChI is InChI=1S/C12H16N2O2/c1-13-4-5-14-11(15)9-7-2-3-8(6-7)10(9)12(14)16/h2-3,7-10,13H,4-6H2,1H3. The molecule has 0 spiro atoms. The second-order valence-electron chi connectivity index (χ2n) is 4.93. The van der Waals surface area contributed by atoms with Crippen molar-refractivity contribution in [1.82, 2.24) is 10.2 Å². The summed E-state index contributed by atoms with van der Waals surface area (Å²) < 4.78 is 0. The minimum Gasteiger partial charge on any atom is -0.318 e. The Morgan fingerprint density at radius 3 is 2.31 bits per heavy atom. The number of likely N-dealkylation sites (N-methyl/N-ethyl adjacent to an activating group) is 1. The molecule has 3 aliphatic rings. The Morgan fingerprint density at radius 2 is 1.81 bits per heavy atom. The second-order valence-corrected chi connectivity index (χ2v) is 4.93. The van der Waals surface area contributed by atoms with Crippen molar-refractivity contribution in [3.8, 4) is 0 Å². The second kappa shape index (κ2) is 3.42. The minimum atomic E-state index is -0.0423. The summed E-state index contributed by atoms with van der Waals surface area (Å²) in [4.78, 5) is 25.7. The van der Waals surface area contributed by atoms with E-state index in [4.69, 9.17) is 0 Å². The Labute approximate surface area is 94.7 Å². The molecule has 1 saturated carbocycles. The number of nitrogens with one attached hydrogen (secondary N) is 1. The van der Waals surface area contributed by atoms with E-state index in [1.54, 1.807) is 0 Å². The number of hydrogen-bond acceptors (Lipinski definition) is 3. The van der Waals surface area contributed by atoms with Crippen LogP contribution in [0, 0.1) is 23.7 Å². The summed E-state index contributed by atoms with van der Waals surface area (Å²) in [5.74, 6) is 0.681. The highest BCUT2D eigenvalue weighted by atomic mass is 16.2. The van der Waals surface area contributed by atoms with Gasteiger partial charge in [0.05, 0.1) is 11.8 Å². The molecule has 2 bridgehead atoms. The number of rotatable bonds is 3. The number of amides is 2. The van der Waals surface area contributed by atoms with Gasteiger partial charge in [-0.25, -0.2) is 0 Å². The highest BCUT2D eigenvalue weighted by Gasteiger charge is 2.58. The molecule has 4 nitrogen and oxygen atoms in total.